The highest BCUT2D eigenvalue weighted by Crippen LogP contribution is 2.19. The van der Waals surface area contributed by atoms with Crippen LogP contribution in [-0.4, -0.2) is 16.3 Å². The van der Waals surface area contributed by atoms with Gasteiger partial charge in [-0.1, -0.05) is 25.5 Å². The van der Waals surface area contributed by atoms with Crippen molar-refractivity contribution in [1.29, 1.82) is 0 Å². The van der Waals surface area contributed by atoms with Crippen LogP contribution >= 0.6 is 0 Å². The molecular weight excluding hydrogens is 246 g/mol. The first-order valence-corrected chi connectivity index (χ1v) is 7.45. The van der Waals surface area contributed by atoms with E-state index < -0.39 is 0 Å². The highest BCUT2D eigenvalue weighted by Gasteiger charge is 2.09. The number of rotatable bonds is 6. The number of nitrogens with zero attached hydrogens (tertiary/aromatic N) is 2. The number of unbranched alkanes of at least 4 members (excludes halogenated alkanes) is 1. The summed E-state index contributed by atoms with van der Waals surface area (Å²) in [6.07, 6.45) is 4.44. The molecule has 0 aliphatic rings. The summed E-state index contributed by atoms with van der Waals surface area (Å²) in [5.74, 6) is 0. The van der Waals surface area contributed by atoms with Gasteiger partial charge in [-0.3, -0.25) is 0 Å². The van der Waals surface area contributed by atoms with Crippen molar-refractivity contribution in [2.24, 2.45) is 0 Å². The smallest absolute Gasteiger partial charge is 0.0680 e. The van der Waals surface area contributed by atoms with Gasteiger partial charge in [-0.25, -0.2) is 4.68 Å². The number of hydrogen-bond acceptors (Lipinski definition) is 2. The third kappa shape index (κ3) is 3.28. The zero-order valence-electron chi connectivity index (χ0n) is 13.0. The van der Waals surface area contributed by atoms with Gasteiger partial charge in [0.05, 0.1) is 11.9 Å². The number of aryl methyl sites for hydroxylation is 2. The molecule has 1 heterocycles. The molecule has 1 aromatic carbocycles. The Kier molecular flexibility index (Phi) is 4.96. The Bertz CT molecular complexity index is 570. The summed E-state index contributed by atoms with van der Waals surface area (Å²) in [5, 5.41) is 8.04. The van der Waals surface area contributed by atoms with E-state index in [0.717, 1.165) is 13.1 Å². The number of hydrogen-bond donors (Lipinski definition) is 1. The Hall–Kier alpha value is -1.61. The Morgan fingerprint density at radius 2 is 2.00 bits per heavy atom. The van der Waals surface area contributed by atoms with E-state index in [9.17, 15) is 0 Å². The van der Waals surface area contributed by atoms with Crippen molar-refractivity contribution in [2.75, 3.05) is 6.54 Å². The van der Waals surface area contributed by atoms with Crippen molar-refractivity contribution in [2.45, 2.75) is 47.1 Å². The van der Waals surface area contributed by atoms with E-state index in [1.807, 2.05) is 6.20 Å². The minimum absolute atomic E-state index is 0.900. The summed E-state index contributed by atoms with van der Waals surface area (Å²) in [4.78, 5) is 0. The van der Waals surface area contributed by atoms with Crippen LogP contribution in [0.1, 0.15) is 42.1 Å². The van der Waals surface area contributed by atoms with E-state index in [2.05, 4.69) is 61.0 Å². The number of nitrogens with one attached hydrogen (secondary N) is 1. The molecule has 1 N–H and O–H groups in total. The normalized spacial score (nSPS) is 11.0. The van der Waals surface area contributed by atoms with Crippen molar-refractivity contribution < 1.29 is 0 Å². The van der Waals surface area contributed by atoms with Crippen LogP contribution in [0.3, 0.4) is 0 Å². The van der Waals surface area contributed by atoms with Gasteiger partial charge < -0.3 is 5.32 Å². The molecule has 0 bridgehead atoms. The maximum Gasteiger partial charge on any atom is 0.0680 e. The van der Waals surface area contributed by atoms with Crippen LogP contribution in [0, 0.1) is 20.8 Å². The minimum atomic E-state index is 0.900. The first-order valence-electron chi connectivity index (χ1n) is 7.45. The monoisotopic (exact) mass is 271 g/mol. The predicted octanol–water partition coefficient (Wildman–Crippen LogP) is 3.69. The van der Waals surface area contributed by atoms with Crippen molar-refractivity contribution in [3.8, 4) is 5.69 Å². The molecule has 108 valence electrons. The summed E-state index contributed by atoms with van der Waals surface area (Å²) in [6.45, 7) is 10.6. The molecule has 0 atom stereocenters. The number of aromatic nitrogens is 2. The van der Waals surface area contributed by atoms with Gasteiger partial charge in [0.2, 0.25) is 0 Å². The average molecular weight is 271 g/mol. The molecule has 0 saturated heterocycles. The largest absolute Gasteiger partial charge is 0.313 e. The van der Waals surface area contributed by atoms with E-state index >= 15 is 0 Å². The van der Waals surface area contributed by atoms with Crippen LogP contribution in [0.2, 0.25) is 0 Å². The van der Waals surface area contributed by atoms with Crippen LogP contribution in [0.25, 0.3) is 5.69 Å². The van der Waals surface area contributed by atoms with E-state index in [1.54, 1.807) is 0 Å². The van der Waals surface area contributed by atoms with Crippen molar-refractivity contribution in [1.82, 2.24) is 15.1 Å². The quantitative estimate of drug-likeness (QED) is 0.812. The molecule has 3 nitrogen and oxygen atoms in total. The third-order valence-corrected chi connectivity index (χ3v) is 3.73. The van der Waals surface area contributed by atoms with Crippen molar-refractivity contribution in [3.05, 3.63) is 46.8 Å². The van der Waals surface area contributed by atoms with E-state index in [4.69, 9.17) is 0 Å². The van der Waals surface area contributed by atoms with Gasteiger partial charge in [-0.05, 0) is 50.9 Å². The Labute approximate surface area is 122 Å². The van der Waals surface area contributed by atoms with E-state index in [0.29, 0.717) is 0 Å². The van der Waals surface area contributed by atoms with Gasteiger partial charge in [0, 0.05) is 17.8 Å². The average Bonchev–Trinajstić information content (AvgIpc) is 2.79. The van der Waals surface area contributed by atoms with Crippen LogP contribution in [0.5, 0.6) is 0 Å². The molecule has 0 amide bonds. The second-order valence-electron chi connectivity index (χ2n) is 5.49. The Balaban J connectivity index is 2.18. The van der Waals surface area contributed by atoms with Crippen LogP contribution in [0.4, 0.5) is 0 Å². The lowest BCUT2D eigenvalue weighted by molar-refractivity contribution is 0.639. The van der Waals surface area contributed by atoms with Crippen LogP contribution in [0.15, 0.2) is 24.4 Å². The van der Waals surface area contributed by atoms with Gasteiger partial charge in [-0.15, -0.1) is 0 Å². The lowest BCUT2D eigenvalue weighted by Crippen LogP contribution is -2.15. The van der Waals surface area contributed by atoms with Gasteiger partial charge >= 0.3 is 0 Å². The van der Waals surface area contributed by atoms with Crippen molar-refractivity contribution in [3.63, 3.8) is 0 Å². The summed E-state index contributed by atoms with van der Waals surface area (Å²) in [6, 6.07) is 6.50. The molecule has 0 fully saturated rings. The standard InChI is InChI=1S/C17H25N3/c1-5-6-9-18-11-16-12-19-20(15(16)4)17-10-13(2)7-8-14(17)3/h7-8,10,12,18H,5-6,9,11H2,1-4H3. The molecule has 0 saturated carbocycles. The molecular formula is C17H25N3. The predicted molar refractivity (Wildman–Crippen MR) is 84.4 cm³/mol. The highest BCUT2D eigenvalue weighted by atomic mass is 15.3. The molecule has 0 aliphatic carbocycles. The molecule has 0 unspecified atom stereocenters. The molecule has 20 heavy (non-hydrogen) atoms. The summed E-state index contributed by atoms with van der Waals surface area (Å²) in [7, 11) is 0. The first kappa shape index (κ1) is 14.8. The lowest BCUT2D eigenvalue weighted by Gasteiger charge is -2.10. The van der Waals surface area contributed by atoms with Crippen LogP contribution < -0.4 is 5.32 Å². The van der Waals surface area contributed by atoms with Gasteiger partial charge in [0.25, 0.3) is 0 Å². The van der Waals surface area contributed by atoms with Crippen LogP contribution in [-0.2, 0) is 6.54 Å². The Morgan fingerprint density at radius 1 is 1.20 bits per heavy atom. The van der Waals surface area contributed by atoms with Gasteiger partial charge in [0.15, 0.2) is 0 Å². The molecule has 0 aliphatic heterocycles. The minimum Gasteiger partial charge on any atom is -0.313 e. The SMILES string of the molecule is CCCCNCc1cnn(-c2cc(C)ccc2C)c1C. The fourth-order valence-corrected chi connectivity index (χ4v) is 2.33. The second-order valence-corrected chi connectivity index (χ2v) is 5.49. The Morgan fingerprint density at radius 3 is 2.75 bits per heavy atom. The zero-order chi connectivity index (χ0) is 14.5. The summed E-state index contributed by atoms with van der Waals surface area (Å²) < 4.78 is 2.05. The first-order chi connectivity index (χ1) is 9.63. The molecule has 3 heteroatoms. The van der Waals surface area contributed by atoms with E-state index in [-0.39, 0.29) is 0 Å². The highest BCUT2D eigenvalue weighted by molar-refractivity contribution is 5.44. The number of benzene rings is 1. The molecule has 0 spiro atoms. The van der Waals surface area contributed by atoms with E-state index in [1.165, 1.54) is 40.9 Å². The maximum atomic E-state index is 4.56. The summed E-state index contributed by atoms with van der Waals surface area (Å²) in [5.41, 5.74) is 6.21. The molecule has 2 rings (SSSR count). The third-order valence-electron chi connectivity index (χ3n) is 3.73. The summed E-state index contributed by atoms with van der Waals surface area (Å²) >= 11 is 0. The molecule has 2 aromatic rings. The maximum absolute atomic E-state index is 4.56. The fourth-order valence-electron chi connectivity index (χ4n) is 2.33. The van der Waals surface area contributed by atoms with Gasteiger partial charge in [0.1, 0.15) is 0 Å². The fraction of sp³-hybridized carbons (Fsp3) is 0.471. The zero-order valence-corrected chi connectivity index (χ0v) is 13.0. The van der Waals surface area contributed by atoms with Gasteiger partial charge in [-0.2, -0.15) is 5.10 Å². The second kappa shape index (κ2) is 6.71. The molecule has 1 aromatic heterocycles. The molecule has 0 radical (unpaired) electrons. The topological polar surface area (TPSA) is 29.9 Å². The van der Waals surface area contributed by atoms with Crippen molar-refractivity contribution >= 4 is 0 Å². The lowest BCUT2D eigenvalue weighted by atomic mass is 10.1.